The number of hydrogen-bond donors (Lipinski definition) is 1. The van der Waals surface area contributed by atoms with Crippen LogP contribution in [0.3, 0.4) is 0 Å². The fraction of sp³-hybridized carbons (Fsp3) is 0.348. The first-order valence-electron chi connectivity index (χ1n) is 9.93. The second-order valence-electron chi connectivity index (χ2n) is 7.72. The number of urea groups is 1. The zero-order valence-electron chi connectivity index (χ0n) is 17.6. The molecule has 3 aromatic rings. The number of hydrogen-bond acceptors (Lipinski definition) is 3. The van der Waals surface area contributed by atoms with Crippen molar-refractivity contribution in [1.82, 2.24) is 24.8 Å². The van der Waals surface area contributed by atoms with E-state index in [-0.39, 0.29) is 12.1 Å². The third-order valence-electron chi connectivity index (χ3n) is 4.80. The van der Waals surface area contributed by atoms with E-state index in [2.05, 4.69) is 51.9 Å². The van der Waals surface area contributed by atoms with Gasteiger partial charge >= 0.3 is 6.03 Å². The van der Waals surface area contributed by atoms with Gasteiger partial charge in [-0.05, 0) is 56.5 Å². The summed E-state index contributed by atoms with van der Waals surface area (Å²) < 4.78 is 2.12. The number of imidazole rings is 1. The molecule has 0 aliphatic heterocycles. The summed E-state index contributed by atoms with van der Waals surface area (Å²) in [4.78, 5) is 23.2. The van der Waals surface area contributed by atoms with Gasteiger partial charge in [-0.2, -0.15) is 0 Å². The van der Waals surface area contributed by atoms with Crippen LogP contribution in [0.1, 0.15) is 41.9 Å². The highest BCUT2D eigenvalue weighted by molar-refractivity contribution is 5.74. The Balaban J connectivity index is 1.81. The molecule has 0 aliphatic rings. The number of carbonyl (C=O) groups is 1. The molecule has 2 heterocycles. The van der Waals surface area contributed by atoms with Gasteiger partial charge in [-0.1, -0.05) is 23.8 Å². The molecule has 2 aromatic heterocycles. The van der Waals surface area contributed by atoms with E-state index in [4.69, 9.17) is 0 Å². The van der Waals surface area contributed by atoms with Gasteiger partial charge in [0, 0.05) is 43.9 Å². The first-order chi connectivity index (χ1) is 13.9. The van der Waals surface area contributed by atoms with Crippen molar-refractivity contribution in [3.8, 4) is 0 Å². The van der Waals surface area contributed by atoms with E-state index < -0.39 is 0 Å². The second-order valence-corrected chi connectivity index (χ2v) is 7.72. The van der Waals surface area contributed by atoms with Crippen molar-refractivity contribution in [2.45, 2.75) is 53.4 Å². The van der Waals surface area contributed by atoms with Crippen molar-refractivity contribution in [2.24, 2.45) is 0 Å². The summed E-state index contributed by atoms with van der Waals surface area (Å²) in [5, 5.41) is 3.00. The summed E-state index contributed by atoms with van der Waals surface area (Å²) >= 11 is 0. The van der Waals surface area contributed by atoms with E-state index in [1.807, 2.05) is 32.2 Å². The Kier molecular flexibility index (Phi) is 6.65. The predicted octanol–water partition coefficient (Wildman–Crippen LogP) is 4.06. The molecule has 1 N–H and O–H groups in total. The Morgan fingerprint density at radius 1 is 1.10 bits per heavy atom. The van der Waals surface area contributed by atoms with Crippen LogP contribution in [0.15, 0.2) is 55.1 Å². The van der Waals surface area contributed by atoms with Crippen LogP contribution in [0.4, 0.5) is 4.79 Å². The monoisotopic (exact) mass is 391 g/mol. The van der Waals surface area contributed by atoms with E-state index in [0.29, 0.717) is 13.1 Å². The van der Waals surface area contributed by atoms with E-state index in [0.717, 1.165) is 17.9 Å². The molecule has 0 fully saturated rings. The fourth-order valence-corrected chi connectivity index (χ4v) is 3.21. The smallest absolute Gasteiger partial charge is 0.318 e. The predicted molar refractivity (Wildman–Crippen MR) is 114 cm³/mol. The molecule has 1 aromatic carbocycles. The van der Waals surface area contributed by atoms with Crippen molar-refractivity contribution in [1.29, 1.82) is 0 Å². The Morgan fingerprint density at radius 2 is 1.86 bits per heavy atom. The minimum absolute atomic E-state index is 0.0668. The lowest BCUT2D eigenvalue weighted by Crippen LogP contribution is -2.42. The normalized spacial score (nSPS) is 10.9. The average Bonchev–Trinajstić information content (AvgIpc) is 3.11. The zero-order valence-corrected chi connectivity index (χ0v) is 17.6. The fourth-order valence-electron chi connectivity index (χ4n) is 3.21. The standard InChI is InChI=1S/C23H29N5O/c1-17(2)26-23(29)28(14-20-7-9-24-10-8-20)16-22-25-11-12-27(22)15-21-13-18(3)5-6-19(21)4/h5-13,17H,14-16H2,1-4H3,(H,26,29). The first kappa shape index (κ1) is 20.6. The van der Waals surface area contributed by atoms with Crippen molar-refractivity contribution >= 4 is 6.03 Å². The zero-order chi connectivity index (χ0) is 20.8. The van der Waals surface area contributed by atoms with Crippen LogP contribution in [0.2, 0.25) is 0 Å². The maximum absolute atomic E-state index is 12.8. The SMILES string of the molecule is Cc1ccc(C)c(Cn2ccnc2CN(Cc2ccncc2)C(=O)NC(C)C)c1. The first-order valence-corrected chi connectivity index (χ1v) is 9.93. The highest BCUT2D eigenvalue weighted by Crippen LogP contribution is 2.15. The number of pyridine rings is 1. The molecule has 29 heavy (non-hydrogen) atoms. The molecule has 0 atom stereocenters. The molecule has 0 saturated heterocycles. The Bertz CT molecular complexity index is 949. The quantitative estimate of drug-likeness (QED) is 0.660. The highest BCUT2D eigenvalue weighted by Gasteiger charge is 2.18. The van der Waals surface area contributed by atoms with E-state index in [1.165, 1.54) is 16.7 Å². The van der Waals surface area contributed by atoms with Gasteiger partial charge in [0.1, 0.15) is 5.82 Å². The number of nitrogens with one attached hydrogen (secondary N) is 1. The lowest BCUT2D eigenvalue weighted by Gasteiger charge is -2.24. The average molecular weight is 392 g/mol. The number of nitrogens with zero attached hydrogens (tertiary/aromatic N) is 4. The van der Waals surface area contributed by atoms with Crippen LogP contribution in [0.25, 0.3) is 0 Å². The molecular weight excluding hydrogens is 362 g/mol. The molecule has 0 spiro atoms. The molecule has 0 aliphatic carbocycles. The molecule has 152 valence electrons. The Labute approximate surface area is 172 Å². The van der Waals surface area contributed by atoms with E-state index in [1.54, 1.807) is 23.5 Å². The van der Waals surface area contributed by atoms with E-state index in [9.17, 15) is 4.79 Å². The summed E-state index contributed by atoms with van der Waals surface area (Å²) in [6, 6.07) is 10.3. The minimum atomic E-state index is -0.0990. The number of benzene rings is 1. The number of carbonyl (C=O) groups excluding carboxylic acids is 1. The number of rotatable bonds is 7. The van der Waals surface area contributed by atoms with Gasteiger partial charge in [0.2, 0.25) is 0 Å². The molecule has 0 bridgehead atoms. The van der Waals surface area contributed by atoms with Crippen LogP contribution in [0.5, 0.6) is 0 Å². The van der Waals surface area contributed by atoms with Crippen LogP contribution in [0, 0.1) is 13.8 Å². The number of amides is 2. The van der Waals surface area contributed by atoms with Crippen LogP contribution < -0.4 is 5.32 Å². The minimum Gasteiger partial charge on any atom is -0.336 e. The van der Waals surface area contributed by atoms with E-state index >= 15 is 0 Å². The molecule has 0 unspecified atom stereocenters. The van der Waals surface area contributed by atoms with Crippen LogP contribution in [-0.4, -0.2) is 31.5 Å². The van der Waals surface area contributed by atoms with Gasteiger partial charge < -0.3 is 14.8 Å². The summed E-state index contributed by atoms with van der Waals surface area (Å²) in [7, 11) is 0. The van der Waals surface area contributed by atoms with Crippen molar-refractivity contribution in [3.05, 3.63) is 83.2 Å². The molecule has 0 radical (unpaired) electrons. The third-order valence-corrected chi connectivity index (χ3v) is 4.80. The lowest BCUT2D eigenvalue weighted by atomic mass is 10.1. The second kappa shape index (κ2) is 9.37. The highest BCUT2D eigenvalue weighted by atomic mass is 16.2. The van der Waals surface area contributed by atoms with Crippen LogP contribution >= 0.6 is 0 Å². The lowest BCUT2D eigenvalue weighted by molar-refractivity contribution is 0.187. The Morgan fingerprint density at radius 3 is 2.59 bits per heavy atom. The van der Waals surface area contributed by atoms with Crippen LogP contribution in [-0.2, 0) is 19.6 Å². The molecular formula is C23H29N5O. The molecule has 6 heteroatoms. The van der Waals surface area contributed by atoms with Gasteiger partial charge in [0.25, 0.3) is 0 Å². The van der Waals surface area contributed by atoms with Gasteiger partial charge in [-0.25, -0.2) is 9.78 Å². The van der Waals surface area contributed by atoms with Gasteiger partial charge in [-0.3, -0.25) is 4.98 Å². The molecule has 0 saturated carbocycles. The summed E-state index contributed by atoms with van der Waals surface area (Å²) in [6.45, 7) is 9.81. The summed E-state index contributed by atoms with van der Waals surface area (Å²) in [5.74, 6) is 0.860. The number of aromatic nitrogens is 3. The van der Waals surface area contributed by atoms with Crippen molar-refractivity contribution in [2.75, 3.05) is 0 Å². The molecule has 6 nitrogen and oxygen atoms in total. The van der Waals surface area contributed by atoms with Gasteiger partial charge in [-0.15, -0.1) is 0 Å². The number of aryl methyl sites for hydroxylation is 2. The molecule has 3 rings (SSSR count). The van der Waals surface area contributed by atoms with Gasteiger partial charge in [0.15, 0.2) is 0 Å². The Hall–Kier alpha value is -3.15. The third kappa shape index (κ3) is 5.67. The molecule has 2 amide bonds. The van der Waals surface area contributed by atoms with Crippen molar-refractivity contribution in [3.63, 3.8) is 0 Å². The van der Waals surface area contributed by atoms with Crippen molar-refractivity contribution < 1.29 is 4.79 Å². The van der Waals surface area contributed by atoms with Gasteiger partial charge in [0.05, 0.1) is 6.54 Å². The largest absolute Gasteiger partial charge is 0.336 e. The summed E-state index contributed by atoms with van der Waals surface area (Å²) in [6.07, 6.45) is 7.26. The topological polar surface area (TPSA) is 63.1 Å². The summed E-state index contributed by atoms with van der Waals surface area (Å²) in [5.41, 5.74) is 4.78. The maximum Gasteiger partial charge on any atom is 0.318 e. The maximum atomic E-state index is 12.8.